The maximum atomic E-state index is 13.5. The van der Waals surface area contributed by atoms with E-state index in [2.05, 4.69) is 40.0 Å². The molecule has 0 bridgehead atoms. The van der Waals surface area contributed by atoms with Crippen LogP contribution in [0.3, 0.4) is 0 Å². The van der Waals surface area contributed by atoms with Crippen LogP contribution in [0.15, 0.2) is 59.9 Å². The molecule has 2 aromatic heterocycles. The highest BCUT2D eigenvalue weighted by Crippen LogP contribution is 2.38. The Hall–Kier alpha value is -5.15. The molecule has 1 unspecified atom stereocenters. The third kappa shape index (κ3) is 8.78. The van der Waals surface area contributed by atoms with E-state index in [1.54, 1.807) is 0 Å². The molecule has 1 aliphatic carbocycles. The van der Waals surface area contributed by atoms with Gasteiger partial charge < -0.3 is 24.2 Å². The Morgan fingerprint density at radius 1 is 1.20 bits per heavy atom. The molecule has 0 aromatic carbocycles. The van der Waals surface area contributed by atoms with E-state index in [9.17, 15) is 32.3 Å². The van der Waals surface area contributed by atoms with Crippen LogP contribution in [0.5, 0.6) is 0 Å². The summed E-state index contributed by atoms with van der Waals surface area (Å²) >= 11 is 1.05. The van der Waals surface area contributed by atoms with Crippen LogP contribution in [0.2, 0.25) is 0 Å². The Morgan fingerprint density at radius 3 is 2.53 bits per heavy atom. The number of allylic oxidation sites excluding steroid dienone is 1. The summed E-state index contributed by atoms with van der Waals surface area (Å²) in [5, 5.41) is 10.7. The lowest BCUT2D eigenvalue weighted by molar-refractivity contribution is -0.593. The van der Waals surface area contributed by atoms with E-state index in [0.717, 1.165) is 36.3 Å². The first-order valence-corrected chi connectivity index (χ1v) is 17.2. The van der Waals surface area contributed by atoms with Crippen molar-refractivity contribution in [2.75, 3.05) is 25.6 Å². The predicted molar refractivity (Wildman–Crippen MR) is 171 cm³/mol. The molecule has 5 rings (SSSR count). The molecule has 16 nitrogen and oxygen atoms in total. The molecule has 1 fully saturated rings. The number of nitrogens with one attached hydrogen (secondary N) is 2. The molecule has 274 valence electrons. The summed E-state index contributed by atoms with van der Waals surface area (Å²) in [5.41, 5.74) is -2.51. The number of thiazole rings is 1. The summed E-state index contributed by atoms with van der Waals surface area (Å²) in [5.74, 6) is -1.78. The largest absolute Gasteiger partial charge is 0.741 e. The standard InChI is InChI=1S/C29H30N6O7S.CHF3O3S/c1-4-14-41-27(38)24-21(34-13-7-9-17-8-6-10-19(17)34)12-11-20-23(26(37)35(20)24)31-25(36)22(33-40-3)18-16-43-28(30-18)32-29(39)42-15-5-2;2-1(3,4)8(5,6)7/h4-5,7,9,13,16,20,23H,1-2,6,8,10-12,14-15H2,3H3,(H-,30,31,32,36,39);(H,5,6,7)/b33-22-;/t20?,23-;/m1./s1. The van der Waals surface area contributed by atoms with E-state index in [4.69, 9.17) is 27.3 Å². The molecule has 0 saturated carbocycles. The van der Waals surface area contributed by atoms with Crippen molar-refractivity contribution in [2.24, 2.45) is 5.16 Å². The zero-order chi connectivity index (χ0) is 37.5. The molecule has 0 radical (unpaired) electrons. The van der Waals surface area contributed by atoms with Gasteiger partial charge in [0.05, 0.1) is 6.04 Å². The molecule has 51 heavy (non-hydrogen) atoms. The molecular formula is C30H31F3N6O10S2. The zero-order valence-corrected chi connectivity index (χ0v) is 28.4. The van der Waals surface area contributed by atoms with E-state index >= 15 is 0 Å². The van der Waals surface area contributed by atoms with Gasteiger partial charge >= 0.3 is 17.6 Å². The van der Waals surface area contributed by atoms with E-state index in [1.165, 1.54) is 35.1 Å². The van der Waals surface area contributed by atoms with Gasteiger partial charge in [0.2, 0.25) is 5.70 Å². The van der Waals surface area contributed by atoms with Gasteiger partial charge in [-0.1, -0.05) is 30.5 Å². The Morgan fingerprint density at radius 2 is 1.88 bits per heavy atom. The number of esters is 1. The number of anilines is 1. The average molecular weight is 757 g/mol. The minimum atomic E-state index is -6.09. The highest BCUT2D eigenvalue weighted by atomic mass is 32.2. The summed E-state index contributed by atoms with van der Waals surface area (Å²) in [6, 6.07) is 2.64. The van der Waals surface area contributed by atoms with E-state index in [0.29, 0.717) is 18.5 Å². The minimum absolute atomic E-state index is 0.00660. The highest BCUT2D eigenvalue weighted by molar-refractivity contribution is 7.86. The monoisotopic (exact) mass is 756 g/mol. The molecule has 1 saturated heterocycles. The van der Waals surface area contributed by atoms with Crippen molar-refractivity contribution in [3.05, 3.63) is 71.7 Å². The average Bonchev–Trinajstić information content (AvgIpc) is 3.76. The number of hydrogen-bond donors (Lipinski definition) is 2. The third-order valence-electron chi connectivity index (χ3n) is 7.54. The fourth-order valence-electron chi connectivity index (χ4n) is 5.47. The van der Waals surface area contributed by atoms with Crippen molar-refractivity contribution in [3.63, 3.8) is 0 Å². The van der Waals surface area contributed by atoms with Gasteiger partial charge in [-0.2, -0.15) is 17.7 Å². The topological polar surface area (TPSA) is 210 Å². The van der Waals surface area contributed by atoms with Gasteiger partial charge in [-0.15, -0.1) is 11.3 Å². The van der Waals surface area contributed by atoms with Gasteiger partial charge in [-0.25, -0.2) is 23.0 Å². The Bertz CT molecular complexity index is 1890. The molecular weight excluding hydrogens is 725 g/mol. The Labute approximate surface area is 293 Å². The molecule has 2 aromatic rings. The van der Waals surface area contributed by atoms with Gasteiger partial charge in [0.1, 0.15) is 32.1 Å². The van der Waals surface area contributed by atoms with Crippen LogP contribution in [-0.4, -0.2) is 90.4 Å². The van der Waals surface area contributed by atoms with Gasteiger partial charge in [0.25, 0.3) is 11.8 Å². The number of pyridine rings is 1. The molecule has 2 aliphatic heterocycles. The van der Waals surface area contributed by atoms with Gasteiger partial charge in [0.15, 0.2) is 38.5 Å². The number of hydrogen-bond acceptors (Lipinski definition) is 13. The van der Waals surface area contributed by atoms with E-state index < -0.39 is 51.6 Å². The third-order valence-corrected chi connectivity index (χ3v) is 8.86. The van der Waals surface area contributed by atoms with Crippen LogP contribution in [0.25, 0.3) is 5.70 Å². The second-order valence-electron chi connectivity index (χ2n) is 10.7. The lowest BCUT2D eigenvalue weighted by Gasteiger charge is -2.49. The first-order valence-electron chi connectivity index (χ1n) is 14.9. The van der Waals surface area contributed by atoms with Crippen LogP contribution in [-0.2, 0) is 51.7 Å². The number of alkyl halides is 3. The lowest BCUT2D eigenvalue weighted by atomic mass is 9.85. The quantitative estimate of drug-likeness (QED) is 0.0496. The summed E-state index contributed by atoms with van der Waals surface area (Å²) in [4.78, 5) is 62.5. The first kappa shape index (κ1) is 38.6. The molecule has 3 aliphatic rings. The van der Waals surface area contributed by atoms with E-state index in [-0.39, 0.29) is 35.4 Å². The number of ether oxygens (including phenoxy) is 2. The predicted octanol–water partition coefficient (Wildman–Crippen LogP) is 2.14. The normalized spacial score (nSPS) is 18.3. The number of fused-ring (bicyclic) bond motifs is 2. The summed E-state index contributed by atoms with van der Waals surface area (Å²) in [6.07, 6.45) is 7.91. The minimum Gasteiger partial charge on any atom is -0.741 e. The van der Waals surface area contributed by atoms with Crippen molar-refractivity contribution < 1.29 is 64.2 Å². The maximum Gasteiger partial charge on any atom is 0.485 e. The van der Waals surface area contributed by atoms with E-state index in [1.807, 2.05) is 16.8 Å². The van der Waals surface area contributed by atoms with Gasteiger partial charge in [0, 0.05) is 29.9 Å². The van der Waals surface area contributed by atoms with Crippen molar-refractivity contribution in [1.82, 2.24) is 15.2 Å². The van der Waals surface area contributed by atoms with Gasteiger partial charge in [-0.05, 0) is 25.3 Å². The van der Waals surface area contributed by atoms with Crippen molar-refractivity contribution >= 4 is 61.9 Å². The van der Waals surface area contributed by atoms with Crippen LogP contribution in [0, 0.1) is 0 Å². The molecule has 2 atom stereocenters. The fourth-order valence-corrected chi connectivity index (χ4v) is 6.15. The molecule has 3 amide bonds. The number of β-lactam (4-membered cyclic amide) rings is 1. The molecule has 0 spiro atoms. The summed E-state index contributed by atoms with van der Waals surface area (Å²) in [7, 11) is -4.82. The lowest BCUT2D eigenvalue weighted by Crippen LogP contribution is -2.72. The number of carbonyl (C=O) groups is 4. The number of rotatable bonds is 11. The van der Waals surface area contributed by atoms with Crippen LogP contribution in [0.1, 0.15) is 36.2 Å². The number of halogens is 3. The number of carbonyl (C=O) groups excluding carboxylic acids is 4. The van der Waals surface area contributed by atoms with Crippen LogP contribution >= 0.6 is 11.3 Å². The molecule has 4 heterocycles. The highest BCUT2D eigenvalue weighted by Gasteiger charge is 2.56. The van der Waals surface area contributed by atoms with Crippen LogP contribution in [0.4, 0.5) is 23.1 Å². The second kappa shape index (κ2) is 16.2. The van der Waals surface area contributed by atoms with Crippen LogP contribution < -0.4 is 15.2 Å². The first-order chi connectivity index (χ1) is 24.1. The number of amides is 3. The summed E-state index contributed by atoms with van der Waals surface area (Å²) in [6.45, 7) is 7.10. The maximum absolute atomic E-state index is 13.5. The summed E-state index contributed by atoms with van der Waals surface area (Å²) < 4.78 is 71.2. The SMILES string of the molecule is C=CCOC(=O)Nc1nc(/C(=N/OC)C(=O)N[C@H]2C(=O)N3C(C(=O)OCC=C)=C([n+]4cccc5c4CCC5)CCC23)cs1.O=S(=O)([O-])C(F)(F)F. The van der Waals surface area contributed by atoms with Gasteiger partial charge in [-0.3, -0.25) is 19.8 Å². The molecule has 2 N–H and O–H groups in total. The Kier molecular flexibility index (Phi) is 12.3. The van der Waals surface area contributed by atoms with Crippen molar-refractivity contribution in [1.29, 1.82) is 0 Å². The second-order valence-corrected chi connectivity index (χ2v) is 13.0. The van der Waals surface area contributed by atoms with Crippen molar-refractivity contribution in [3.8, 4) is 0 Å². The number of nitrogens with zero attached hydrogens (tertiary/aromatic N) is 4. The zero-order valence-electron chi connectivity index (χ0n) is 26.8. The molecule has 21 heteroatoms. The number of aromatic nitrogens is 2. The number of aryl methyl sites for hydroxylation is 1. The number of oxime groups is 1. The van der Waals surface area contributed by atoms with Crippen molar-refractivity contribution in [2.45, 2.75) is 49.7 Å². The fraction of sp³-hybridized carbons (Fsp3) is 0.367. The Balaban J connectivity index is 0.000000652. The smallest absolute Gasteiger partial charge is 0.485 e.